The normalized spacial score (nSPS) is 14.6. The minimum absolute atomic E-state index is 0.0736. The monoisotopic (exact) mass is 318 g/mol. The van der Waals surface area contributed by atoms with Gasteiger partial charge in [-0.05, 0) is 52.6 Å². The summed E-state index contributed by atoms with van der Waals surface area (Å²) in [4.78, 5) is 11.0. The molecule has 0 amide bonds. The number of carboxylic acids is 1. The van der Waals surface area contributed by atoms with Crippen LogP contribution in [-0.4, -0.2) is 11.1 Å². The van der Waals surface area contributed by atoms with E-state index in [1.165, 1.54) is 3.57 Å². The molecule has 0 aliphatic heterocycles. The smallest absolute Gasteiger partial charge is 0.307 e. The van der Waals surface area contributed by atoms with E-state index in [0.717, 1.165) is 5.56 Å². The van der Waals surface area contributed by atoms with Gasteiger partial charge in [-0.2, -0.15) is 0 Å². The number of halogens is 1. The Hall–Kier alpha value is -0.580. The summed E-state index contributed by atoms with van der Waals surface area (Å²) < 4.78 is 1.17. The molecule has 2 nitrogen and oxygen atoms in total. The van der Waals surface area contributed by atoms with Crippen LogP contribution in [0.5, 0.6) is 0 Å². The highest BCUT2D eigenvalue weighted by atomic mass is 127. The van der Waals surface area contributed by atoms with Gasteiger partial charge in [0.1, 0.15) is 0 Å². The summed E-state index contributed by atoms with van der Waals surface area (Å²) in [6.45, 7) is 3.90. The zero-order valence-corrected chi connectivity index (χ0v) is 11.1. The quantitative estimate of drug-likeness (QED) is 0.863. The SMILES string of the molecule is CCC(C(=O)O)C(C)c1ccc(I)cc1. The Morgan fingerprint density at radius 3 is 2.33 bits per heavy atom. The summed E-state index contributed by atoms with van der Waals surface area (Å²) in [7, 11) is 0. The van der Waals surface area contributed by atoms with Gasteiger partial charge in [0.15, 0.2) is 0 Å². The Bertz CT molecular complexity index is 332. The number of carbonyl (C=O) groups is 1. The van der Waals surface area contributed by atoms with Crippen LogP contribution in [0.4, 0.5) is 0 Å². The van der Waals surface area contributed by atoms with Crippen LogP contribution >= 0.6 is 22.6 Å². The lowest BCUT2D eigenvalue weighted by Crippen LogP contribution is -2.19. The number of hydrogen-bond acceptors (Lipinski definition) is 1. The highest BCUT2D eigenvalue weighted by molar-refractivity contribution is 14.1. The molecule has 1 aromatic carbocycles. The van der Waals surface area contributed by atoms with E-state index in [4.69, 9.17) is 5.11 Å². The highest BCUT2D eigenvalue weighted by Crippen LogP contribution is 2.27. The third kappa shape index (κ3) is 3.19. The molecule has 2 unspecified atom stereocenters. The fourth-order valence-corrected chi connectivity index (χ4v) is 2.10. The van der Waals surface area contributed by atoms with Crippen molar-refractivity contribution in [3.8, 4) is 0 Å². The Labute approximate surface area is 104 Å². The van der Waals surface area contributed by atoms with Crippen molar-refractivity contribution in [1.82, 2.24) is 0 Å². The number of rotatable bonds is 4. The van der Waals surface area contributed by atoms with Crippen molar-refractivity contribution in [3.05, 3.63) is 33.4 Å². The Morgan fingerprint density at radius 1 is 1.40 bits per heavy atom. The second-order valence-corrected chi connectivity index (χ2v) is 4.94. The number of aliphatic carboxylic acids is 1. The standard InChI is InChI=1S/C12H15IO2/c1-3-11(12(14)15)8(2)9-4-6-10(13)7-5-9/h4-8,11H,3H2,1-2H3,(H,14,15). The fraction of sp³-hybridized carbons (Fsp3) is 0.417. The summed E-state index contributed by atoms with van der Waals surface area (Å²) in [5.74, 6) is -0.918. The lowest BCUT2D eigenvalue weighted by molar-refractivity contribution is -0.142. The minimum Gasteiger partial charge on any atom is -0.481 e. The molecule has 0 saturated carbocycles. The molecule has 0 saturated heterocycles. The van der Waals surface area contributed by atoms with Gasteiger partial charge >= 0.3 is 5.97 Å². The van der Waals surface area contributed by atoms with Crippen molar-refractivity contribution < 1.29 is 9.90 Å². The van der Waals surface area contributed by atoms with Crippen LogP contribution in [-0.2, 0) is 4.79 Å². The zero-order chi connectivity index (χ0) is 11.4. The maximum Gasteiger partial charge on any atom is 0.307 e. The predicted octanol–water partition coefficient (Wildman–Crippen LogP) is 3.51. The van der Waals surface area contributed by atoms with Crippen LogP contribution in [0.15, 0.2) is 24.3 Å². The minimum atomic E-state index is -0.705. The van der Waals surface area contributed by atoms with Gasteiger partial charge in [-0.3, -0.25) is 4.79 Å². The number of hydrogen-bond donors (Lipinski definition) is 1. The van der Waals surface area contributed by atoms with E-state index in [9.17, 15) is 4.79 Å². The van der Waals surface area contributed by atoms with E-state index < -0.39 is 5.97 Å². The van der Waals surface area contributed by atoms with Crippen LogP contribution in [0.25, 0.3) is 0 Å². The molecule has 0 heterocycles. The van der Waals surface area contributed by atoms with Crippen LogP contribution in [0, 0.1) is 9.49 Å². The lowest BCUT2D eigenvalue weighted by Gasteiger charge is -2.18. The molecule has 1 N–H and O–H groups in total. The van der Waals surface area contributed by atoms with Gasteiger partial charge in [-0.1, -0.05) is 26.0 Å². The fourth-order valence-electron chi connectivity index (χ4n) is 1.74. The number of carboxylic acid groups (broad SMARTS) is 1. The summed E-state index contributed by atoms with van der Waals surface area (Å²) in [5, 5.41) is 9.06. The van der Waals surface area contributed by atoms with Gasteiger partial charge in [0, 0.05) is 3.57 Å². The molecule has 0 bridgehead atoms. The zero-order valence-electron chi connectivity index (χ0n) is 8.90. The molecule has 0 aromatic heterocycles. The van der Waals surface area contributed by atoms with Crippen LogP contribution in [0.3, 0.4) is 0 Å². The molecule has 2 atom stereocenters. The van der Waals surface area contributed by atoms with Crippen molar-refractivity contribution in [3.63, 3.8) is 0 Å². The van der Waals surface area contributed by atoms with E-state index in [1.807, 2.05) is 38.1 Å². The largest absolute Gasteiger partial charge is 0.481 e. The van der Waals surface area contributed by atoms with Gasteiger partial charge in [-0.25, -0.2) is 0 Å². The molecule has 0 spiro atoms. The van der Waals surface area contributed by atoms with Gasteiger partial charge in [0.2, 0.25) is 0 Å². The van der Waals surface area contributed by atoms with Crippen molar-refractivity contribution in [1.29, 1.82) is 0 Å². The Balaban J connectivity index is 2.87. The Kier molecular flexibility index (Phi) is 4.57. The molecule has 0 radical (unpaired) electrons. The summed E-state index contributed by atoms with van der Waals surface area (Å²) in [6, 6.07) is 8.05. The topological polar surface area (TPSA) is 37.3 Å². The first-order valence-electron chi connectivity index (χ1n) is 5.04. The maximum atomic E-state index is 11.0. The molecule has 0 aliphatic rings. The highest BCUT2D eigenvalue weighted by Gasteiger charge is 2.23. The molecule has 0 aliphatic carbocycles. The van der Waals surface area contributed by atoms with E-state index >= 15 is 0 Å². The average molecular weight is 318 g/mol. The van der Waals surface area contributed by atoms with E-state index in [1.54, 1.807) is 0 Å². The van der Waals surface area contributed by atoms with Crippen LogP contribution in [0.2, 0.25) is 0 Å². The molecule has 15 heavy (non-hydrogen) atoms. The molecule has 1 rings (SSSR count). The molecule has 82 valence electrons. The molecule has 1 aromatic rings. The molecular formula is C12H15IO2. The second-order valence-electron chi connectivity index (χ2n) is 3.69. The van der Waals surface area contributed by atoms with Gasteiger partial charge < -0.3 is 5.11 Å². The van der Waals surface area contributed by atoms with Crippen molar-refractivity contribution in [2.75, 3.05) is 0 Å². The van der Waals surface area contributed by atoms with Crippen LogP contribution < -0.4 is 0 Å². The van der Waals surface area contributed by atoms with Crippen LogP contribution in [0.1, 0.15) is 31.7 Å². The van der Waals surface area contributed by atoms with Crippen molar-refractivity contribution >= 4 is 28.6 Å². The third-order valence-electron chi connectivity index (χ3n) is 2.76. The third-order valence-corrected chi connectivity index (χ3v) is 3.48. The molecule has 0 fully saturated rings. The van der Waals surface area contributed by atoms with Crippen molar-refractivity contribution in [2.24, 2.45) is 5.92 Å². The molecule has 3 heteroatoms. The second kappa shape index (κ2) is 5.49. The van der Waals surface area contributed by atoms with E-state index in [0.29, 0.717) is 6.42 Å². The van der Waals surface area contributed by atoms with Gasteiger partial charge in [0.25, 0.3) is 0 Å². The van der Waals surface area contributed by atoms with Gasteiger partial charge in [-0.15, -0.1) is 0 Å². The predicted molar refractivity (Wildman–Crippen MR) is 69.0 cm³/mol. The maximum absolute atomic E-state index is 11.0. The van der Waals surface area contributed by atoms with E-state index in [-0.39, 0.29) is 11.8 Å². The first-order valence-corrected chi connectivity index (χ1v) is 6.12. The van der Waals surface area contributed by atoms with Crippen molar-refractivity contribution in [2.45, 2.75) is 26.2 Å². The summed E-state index contributed by atoms with van der Waals surface area (Å²) in [6.07, 6.45) is 0.669. The first kappa shape index (κ1) is 12.5. The molecular weight excluding hydrogens is 303 g/mol. The first-order chi connectivity index (χ1) is 7.06. The summed E-state index contributed by atoms with van der Waals surface area (Å²) in [5.41, 5.74) is 1.10. The Morgan fingerprint density at radius 2 is 1.93 bits per heavy atom. The summed E-state index contributed by atoms with van der Waals surface area (Å²) >= 11 is 2.24. The van der Waals surface area contributed by atoms with E-state index in [2.05, 4.69) is 22.6 Å². The number of benzene rings is 1. The lowest BCUT2D eigenvalue weighted by atomic mass is 9.86. The average Bonchev–Trinajstić information content (AvgIpc) is 2.19. The van der Waals surface area contributed by atoms with Gasteiger partial charge in [0.05, 0.1) is 5.92 Å².